The molecule has 9 heteroatoms. The van der Waals surface area contributed by atoms with Crippen LogP contribution in [0.4, 0.5) is 10.5 Å². The average molecular weight is 440 g/mol. The molecule has 0 saturated carbocycles. The normalized spacial score (nSPS) is 17.0. The summed E-state index contributed by atoms with van der Waals surface area (Å²) in [7, 11) is 1.61. The van der Waals surface area contributed by atoms with Crippen LogP contribution >= 0.6 is 0 Å². The summed E-state index contributed by atoms with van der Waals surface area (Å²) >= 11 is 0. The van der Waals surface area contributed by atoms with Gasteiger partial charge in [-0.3, -0.25) is 19.6 Å². The highest BCUT2D eigenvalue weighted by Gasteiger charge is 2.32. The third-order valence-corrected chi connectivity index (χ3v) is 5.99. The van der Waals surface area contributed by atoms with Crippen molar-refractivity contribution >= 4 is 17.5 Å². The number of Topliss-reactive ketones (excluding diaryl/α,β-unsaturated/α-hetero) is 1. The van der Waals surface area contributed by atoms with E-state index in [9.17, 15) is 9.59 Å². The highest BCUT2D eigenvalue weighted by atomic mass is 16.5. The first-order valence-electron chi connectivity index (χ1n) is 10.8. The van der Waals surface area contributed by atoms with Crippen LogP contribution in [-0.2, 0) is 11.3 Å². The summed E-state index contributed by atoms with van der Waals surface area (Å²) in [5.41, 5.74) is 7.34. The molecule has 2 saturated heterocycles. The number of piperazine rings is 1. The Labute approximate surface area is 187 Å². The fourth-order valence-corrected chi connectivity index (χ4v) is 3.88. The summed E-state index contributed by atoms with van der Waals surface area (Å²) in [6.07, 6.45) is 1.51. The van der Waals surface area contributed by atoms with E-state index in [0.29, 0.717) is 36.9 Å². The molecular formula is C23H29N5O4. The van der Waals surface area contributed by atoms with E-state index in [0.717, 1.165) is 37.7 Å². The molecule has 4 rings (SSSR count). The molecule has 9 nitrogen and oxygen atoms in total. The number of rotatable bonds is 7. The van der Waals surface area contributed by atoms with Gasteiger partial charge in [-0.2, -0.15) is 0 Å². The summed E-state index contributed by atoms with van der Waals surface area (Å²) in [5.74, 6) is 0.558. The first-order valence-corrected chi connectivity index (χ1v) is 10.8. The maximum absolute atomic E-state index is 13.5. The van der Waals surface area contributed by atoms with Crippen molar-refractivity contribution in [3.05, 3.63) is 53.9 Å². The summed E-state index contributed by atoms with van der Waals surface area (Å²) in [4.78, 5) is 35.7. The lowest BCUT2D eigenvalue weighted by atomic mass is 10.1. The second-order valence-electron chi connectivity index (χ2n) is 7.95. The monoisotopic (exact) mass is 439 g/mol. The van der Waals surface area contributed by atoms with Gasteiger partial charge in [-0.25, -0.2) is 4.79 Å². The van der Waals surface area contributed by atoms with Crippen LogP contribution in [0.3, 0.4) is 0 Å². The van der Waals surface area contributed by atoms with E-state index in [1.165, 1.54) is 6.20 Å². The van der Waals surface area contributed by atoms with Crippen LogP contribution in [0, 0.1) is 0 Å². The molecule has 0 atom stereocenters. The number of methoxy groups -OCH3 is 1. The van der Waals surface area contributed by atoms with Crippen LogP contribution in [0.5, 0.6) is 5.75 Å². The Morgan fingerprint density at radius 3 is 2.38 bits per heavy atom. The number of hydrogen-bond acceptors (Lipinski definition) is 7. The van der Waals surface area contributed by atoms with Gasteiger partial charge in [0.25, 0.3) is 0 Å². The number of aromatic nitrogens is 1. The van der Waals surface area contributed by atoms with E-state index in [4.69, 9.17) is 15.2 Å². The van der Waals surface area contributed by atoms with E-state index >= 15 is 0 Å². The van der Waals surface area contributed by atoms with Gasteiger partial charge in [0.2, 0.25) is 0 Å². The second kappa shape index (κ2) is 10.1. The molecule has 0 spiro atoms. The zero-order chi connectivity index (χ0) is 22.5. The maximum Gasteiger partial charge on any atom is 0.324 e. The number of pyridine rings is 1. The fraction of sp³-hybridized carbons (Fsp3) is 0.435. The predicted molar refractivity (Wildman–Crippen MR) is 120 cm³/mol. The Kier molecular flexibility index (Phi) is 6.99. The molecule has 32 heavy (non-hydrogen) atoms. The molecule has 1 aromatic carbocycles. The Morgan fingerprint density at radius 2 is 1.84 bits per heavy atom. The highest BCUT2D eigenvalue weighted by Crippen LogP contribution is 2.23. The van der Waals surface area contributed by atoms with Crippen LogP contribution in [-0.4, -0.2) is 85.7 Å². The molecule has 2 aromatic rings. The van der Waals surface area contributed by atoms with Crippen molar-refractivity contribution < 1.29 is 19.1 Å². The number of hydrogen-bond donors (Lipinski definition) is 1. The zero-order valence-corrected chi connectivity index (χ0v) is 18.3. The molecule has 0 aliphatic carbocycles. The largest absolute Gasteiger partial charge is 0.497 e. The number of ether oxygens (including phenoxy) is 2. The van der Waals surface area contributed by atoms with E-state index in [1.807, 2.05) is 29.2 Å². The first kappa shape index (κ1) is 22.2. The van der Waals surface area contributed by atoms with Gasteiger partial charge in [-0.15, -0.1) is 0 Å². The third-order valence-electron chi connectivity index (χ3n) is 5.99. The number of benzene rings is 1. The molecule has 2 N–H and O–H groups in total. The number of carbonyl (C=O) groups excluding carboxylic acids is 2. The molecule has 0 radical (unpaired) electrons. The molecule has 0 unspecified atom stereocenters. The standard InChI is InChI=1S/C23H29N5O4/c1-31-21-6-4-19(5-7-21)28(14-18-3-2-17(13-25-18)22(29)12-24)23(30)27-10-8-26(9-11-27)20-15-32-16-20/h2-7,13,20H,8-12,14-16,24H2,1H3. The lowest BCUT2D eigenvalue weighted by Gasteiger charge is -2.43. The molecule has 2 fully saturated rings. The first-order chi connectivity index (χ1) is 15.6. The number of carbonyl (C=O) groups is 2. The number of nitrogens with zero attached hydrogens (tertiary/aromatic N) is 4. The smallest absolute Gasteiger partial charge is 0.324 e. The van der Waals surface area contributed by atoms with E-state index in [1.54, 1.807) is 24.1 Å². The van der Waals surface area contributed by atoms with Gasteiger partial charge in [0, 0.05) is 43.6 Å². The third kappa shape index (κ3) is 4.90. The van der Waals surface area contributed by atoms with E-state index < -0.39 is 0 Å². The molecule has 2 aliphatic rings. The Bertz CT molecular complexity index is 922. The molecular weight excluding hydrogens is 410 g/mol. The number of anilines is 1. The van der Waals surface area contributed by atoms with Gasteiger partial charge in [0.1, 0.15) is 5.75 Å². The maximum atomic E-state index is 13.5. The zero-order valence-electron chi connectivity index (χ0n) is 18.3. The summed E-state index contributed by atoms with van der Waals surface area (Å²) in [6, 6.07) is 11.3. The Balaban J connectivity index is 1.50. The number of amides is 2. The minimum Gasteiger partial charge on any atom is -0.497 e. The van der Waals surface area contributed by atoms with Gasteiger partial charge in [-0.05, 0) is 36.4 Å². The van der Waals surface area contributed by atoms with E-state index in [-0.39, 0.29) is 18.4 Å². The predicted octanol–water partition coefficient (Wildman–Crippen LogP) is 1.37. The molecule has 170 valence electrons. The van der Waals surface area contributed by atoms with Gasteiger partial charge >= 0.3 is 6.03 Å². The van der Waals surface area contributed by atoms with Crippen LogP contribution in [0.1, 0.15) is 16.1 Å². The second-order valence-corrected chi connectivity index (χ2v) is 7.95. The quantitative estimate of drug-likeness (QED) is 0.651. The summed E-state index contributed by atoms with van der Waals surface area (Å²) < 4.78 is 10.6. The van der Waals surface area contributed by atoms with Crippen molar-refractivity contribution in [1.82, 2.24) is 14.8 Å². The van der Waals surface area contributed by atoms with Gasteiger partial charge in [-0.1, -0.05) is 0 Å². The molecule has 0 bridgehead atoms. The van der Waals surface area contributed by atoms with Crippen LogP contribution < -0.4 is 15.4 Å². The van der Waals surface area contributed by atoms with Crippen molar-refractivity contribution in [2.75, 3.05) is 57.9 Å². The average Bonchev–Trinajstić information content (AvgIpc) is 2.81. The van der Waals surface area contributed by atoms with Crippen molar-refractivity contribution in [1.29, 1.82) is 0 Å². The lowest BCUT2D eigenvalue weighted by molar-refractivity contribution is -0.0738. The van der Waals surface area contributed by atoms with Crippen LogP contribution in [0.2, 0.25) is 0 Å². The van der Waals surface area contributed by atoms with Gasteiger partial charge in [0.05, 0.1) is 45.1 Å². The number of urea groups is 1. The molecule has 2 amide bonds. The Morgan fingerprint density at radius 1 is 1.12 bits per heavy atom. The number of nitrogens with two attached hydrogens (primary N) is 1. The van der Waals surface area contributed by atoms with E-state index in [2.05, 4.69) is 9.88 Å². The number of ketones is 1. The SMILES string of the molecule is COc1ccc(N(Cc2ccc(C(=O)CN)cn2)C(=O)N2CCN(C3COC3)CC2)cc1. The van der Waals surface area contributed by atoms with Crippen molar-refractivity contribution in [3.8, 4) is 5.75 Å². The minimum atomic E-state index is -0.165. The Hall–Kier alpha value is -3.01. The van der Waals surface area contributed by atoms with Gasteiger partial charge < -0.3 is 20.1 Å². The van der Waals surface area contributed by atoms with Crippen molar-refractivity contribution in [2.45, 2.75) is 12.6 Å². The van der Waals surface area contributed by atoms with Gasteiger partial charge in [0.15, 0.2) is 5.78 Å². The lowest BCUT2D eigenvalue weighted by Crippen LogP contribution is -2.59. The van der Waals surface area contributed by atoms with Crippen molar-refractivity contribution in [3.63, 3.8) is 0 Å². The van der Waals surface area contributed by atoms with Crippen LogP contribution in [0.25, 0.3) is 0 Å². The molecule has 2 aliphatic heterocycles. The molecule has 3 heterocycles. The van der Waals surface area contributed by atoms with Crippen LogP contribution in [0.15, 0.2) is 42.6 Å². The minimum absolute atomic E-state index is 0.0591. The topological polar surface area (TPSA) is 101 Å². The summed E-state index contributed by atoms with van der Waals surface area (Å²) in [6.45, 7) is 4.79. The highest BCUT2D eigenvalue weighted by molar-refractivity contribution is 5.97. The van der Waals surface area contributed by atoms with Crippen molar-refractivity contribution in [2.24, 2.45) is 5.73 Å². The summed E-state index contributed by atoms with van der Waals surface area (Å²) in [5, 5.41) is 0. The fourth-order valence-electron chi connectivity index (χ4n) is 3.88. The molecule has 1 aromatic heterocycles.